The van der Waals surface area contributed by atoms with Gasteiger partial charge >= 0.3 is 0 Å². The highest BCUT2D eigenvalue weighted by Crippen LogP contribution is 2.20. The molecule has 0 saturated carbocycles. The molecular formula is C20H18ClNO. The number of benzene rings is 2. The first-order chi connectivity index (χ1) is 11.2. The highest BCUT2D eigenvalue weighted by molar-refractivity contribution is 6.31. The van der Waals surface area contributed by atoms with Gasteiger partial charge in [0.05, 0.1) is 17.3 Å². The van der Waals surface area contributed by atoms with Gasteiger partial charge in [-0.15, -0.1) is 0 Å². The third-order valence-electron chi connectivity index (χ3n) is 3.80. The summed E-state index contributed by atoms with van der Waals surface area (Å²) in [5, 5.41) is 11.7. The molecule has 0 aliphatic rings. The van der Waals surface area contributed by atoms with Crippen molar-refractivity contribution in [3.05, 3.63) is 76.4 Å². The summed E-state index contributed by atoms with van der Waals surface area (Å²) in [6.07, 6.45) is 4.27. The van der Waals surface area contributed by atoms with Crippen LogP contribution in [0.15, 0.2) is 54.6 Å². The van der Waals surface area contributed by atoms with Crippen molar-refractivity contribution in [1.29, 1.82) is 0 Å². The lowest BCUT2D eigenvalue weighted by molar-refractivity contribution is 0.173. The quantitative estimate of drug-likeness (QED) is 0.687. The van der Waals surface area contributed by atoms with Crippen LogP contribution in [-0.4, -0.2) is 10.1 Å². The summed E-state index contributed by atoms with van der Waals surface area (Å²) in [4.78, 5) is 4.60. The van der Waals surface area contributed by atoms with Crippen molar-refractivity contribution in [2.75, 3.05) is 0 Å². The van der Waals surface area contributed by atoms with Gasteiger partial charge in [-0.1, -0.05) is 54.9 Å². The monoisotopic (exact) mass is 323 g/mol. The second kappa shape index (κ2) is 6.95. The number of aromatic nitrogens is 1. The Hall–Kier alpha value is -2.16. The molecular weight excluding hydrogens is 306 g/mol. The van der Waals surface area contributed by atoms with Gasteiger partial charge in [0, 0.05) is 10.4 Å². The van der Waals surface area contributed by atoms with Crippen LogP contribution in [0.5, 0.6) is 0 Å². The second-order valence-corrected chi connectivity index (χ2v) is 5.94. The van der Waals surface area contributed by atoms with Gasteiger partial charge in [0.2, 0.25) is 0 Å². The average Bonchev–Trinajstić information content (AvgIpc) is 2.59. The first-order valence-corrected chi connectivity index (χ1v) is 8.06. The molecule has 0 radical (unpaired) electrons. The summed E-state index contributed by atoms with van der Waals surface area (Å²) in [7, 11) is 0. The third kappa shape index (κ3) is 3.79. The molecule has 0 unspecified atom stereocenters. The summed E-state index contributed by atoms with van der Waals surface area (Å²) < 4.78 is 0. The van der Waals surface area contributed by atoms with E-state index in [0.29, 0.717) is 11.4 Å². The lowest BCUT2D eigenvalue weighted by Crippen LogP contribution is -1.94. The molecule has 3 heteroatoms. The van der Waals surface area contributed by atoms with E-state index in [9.17, 15) is 5.11 Å². The molecule has 0 saturated heterocycles. The highest BCUT2D eigenvalue weighted by Gasteiger charge is 2.04. The Morgan fingerprint density at radius 1 is 1.09 bits per heavy atom. The highest BCUT2D eigenvalue weighted by atomic mass is 35.5. The molecule has 2 aromatic carbocycles. The maximum atomic E-state index is 9.93. The zero-order valence-electron chi connectivity index (χ0n) is 12.9. The Morgan fingerprint density at radius 3 is 2.74 bits per heavy atom. The maximum absolute atomic E-state index is 9.93. The standard InChI is InChI=1S/C20H18ClNO/c1-2-20(23)16-5-3-4-14(12-16)6-10-18-11-8-15-7-9-17(21)13-19(15)22-18/h3-13,20,23H,2H2,1H3/t20-/m1/s1. The van der Waals surface area contributed by atoms with Crippen molar-refractivity contribution >= 4 is 34.7 Å². The van der Waals surface area contributed by atoms with Crippen molar-refractivity contribution in [3.8, 4) is 0 Å². The molecule has 0 aliphatic carbocycles. The van der Waals surface area contributed by atoms with Crippen molar-refractivity contribution in [2.45, 2.75) is 19.4 Å². The van der Waals surface area contributed by atoms with Crippen LogP contribution in [0.3, 0.4) is 0 Å². The fourth-order valence-electron chi connectivity index (χ4n) is 2.49. The molecule has 0 bridgehead atoms. The molecule has 0 amide bonds. The fraction of sp³-hybridized carbons (Fsp3) is 0.150. The van der Waals surface area contributed by atoms with Gasteiger partial charge in [-0.2, -0.15) is 0 Å². The number of rotatable bonds is 4. The molecule has 116 valence electrons. The predicted octanol–water partition coefficient (Wildman–Crippen LogP) is 5.50. The molecule has 2 nitrogen and oxygen atoms in total. The molecule has 0 spiro atoms. The average molecular weight is 324 g/mol. The minimum absolute atomic E-state index is 0.413. The molecule has 1 atom stereocenters. The van der Waals surface area contributed by atoms with E-state index in [-0.39, 0.29) is 0 Å². The van der Waals surface area contributed by atoms with Gasteiger partial charge in [0.25, 0.3) is 0 Å². The lowest BCUT2D eigenvalue weighted by Gasteiger charge is -2.08. The van der Waals surface area contributed by atoms with E-state index in [1.54, 1.807) is 0 Å². The van der Waals surface area contributed by atoms with Crippen LogP contribution in [-0.2, 0) is 0 Å². The number of nitrogens with zero attached hydrogens (tertiary/aromatic N) is 1. The van der Waals surface area contributed by atoms with Gasteiger partial charge in [-0.05, 0) is 47.9 Å². The van der Waals surface area contributed by atoms with E-state index >= 15 is 0 Å². The van der Waals surface area contributed by atoms with Gasteiger partial charge in [0.15, 0.2) is 0 Å². The normalized spacial score (nSPS) is 12.8. The molecule has 23 heavy (non-hydrogen) atoms. The van der Waals surface area contributed by atoms with Gasteiger partial charge in [-0.3, -0.25) is 0 Å². The molecule has 1 N–H and O–H groups in total. The van der Waals surface area contributed by atoms with E-state index in [4.69, 9.17) is 11.6 Å². The smallest absolute Gasteiger partial charge is 0.0787 e. The summed E-state index contributed by atoms with van der Waals surface area (Å²) in [6, 6.07) is 17.6. The number of aliphatic hydroxyl groups is 1. The Balaban J connectivity index is 1.87. The van der Waals surface area contributed by atoms with Gasteiger partial charge in [0.1, 0.15) is 0 Å². The van der Waals surface area contributed by atoms with E-state index < -0.39 is 6.10 Å². The first kappa shape index (κ1) is 15.7. The maximum Gasteiger partial charge on any atom is 0.0787 e. The second-order valence-electron chi connectivity index (χ2n) is 5.50. The number of hydrogen-bond acceptors (Lipinski definition) is 2. The fourth-order valence-corrected chi connectivity index (χ4v) is 2.65. The van der Waals surface area contributed by atoms with Gasteiger partial charge in [-0.25, -0.2) is 4.98 Å². The van der Waals surface area contributed by atoms with E-state index in [1.807, 2.05) is 73.7 Å². The summed E-state index contributed by atoms with van der Waals surface area (Å²) in [5.74, 6) is 0. The van der Waals surface area contributed by atoms with E-state index in [1.165, 1.54) is 0 Å². The van der Waals surface area contributed by atoms with Crippen molar-refractivity contribution < 1.29 is 5.11 Å². The van der Waals surface area contributed by atoms with Crippen molar-refractivity contribution in [2.24, 2.45) is 0 Å². The molecule has 0 fully saturated rings. The van der Waals surface area contributed by atoms with E-state index in [0.717, 1.165) is 27.7 Å². The number of halogens is 1. The Morgan fingerprint density at radius 2 is 1.91 bits per heavy atom. The minimum atomic E-state index is -0.413. The summed E-state index contributed by atoms with van der Waals surface area (Å²) in [5.41, 5.74) is 3.74. The molecule has 3 rings (SSSR count). The van der Waals surface area contributed by atoms with Crippen LogP contribution < -0.4 is 0 Å². The number of pyridine rings is 1. The van der Waals surface area contributed by atoms with Crippen LogP contribution in [0.2, 0.25) is 5.02 Å². The molecule has 1 heterocycles. The zero-order valence-corrected chi connectivity index (χ0v) is 13.7. The van der Waals surface area contributed by atoms with Crippen LogP contribution in [0.1, 0.15) is 36.3 Å². The van der Waals surface area contributed by atoms with Crippen LogP contribution in [0.25, 0.3) is 23.1 Å². The molecule has 3 aromatic rings. The SMILES string of the molecule is CC[C@@H](O)c1cccc(C=Cc2ccc3ccc(Cl)cc3n2)c1. The number of aliphatic hydroxyl groups excluding tert-OH is 1. The Kier molecular flexibility index (Phi) is 4.75. The minimum Gasteiger partial charge on any atom is -0.388 e. The van der Waals surface area contributed by atoms with Gasteiger partial charge < -0.3 is 5.11 Å². The Bertz CT molecular complexity index is 857. The number of hydrogen-bond donors (Lipinski definition) is 1. The summed E-state index contributed by atoms with van der Waals surface area (Å²) in [6.45, 7) is 1.97. The summed E-state index contributed by atoms with van der Waals surface area (Å²) >= 11 is 6.02. The number of fused-ring (bicyclic) bond motifs is 1. The molecule has 1 aromatic heterocycles. The topological polar surface area (TPSA) is 33.1 Å². The third-order valence-corrected chi connectivity index (χ3v) is 4.04. The lowest BCUT2D eigenvalue weighted by atomic mass is 10.0. The van der Waals surface area contributed by atoms with Crippen LogP contribution in [0, 0.1) is 0 Å². The largest absolute Gasteiger partial charge is 0.388 e. The van der Waals surface area contributed by atoms with Crippen LogP contribution >= 0.6 is 11.6 Å². The first-order valence-electron chi connectivity index (χ1n) is 7.68. The predicted molar refractivity (Wildman–Crippen MR) is 97.4 cm³/mol. The van der Waals surface area contributed by atoms with E-state index in [2.05, 4.69) is 4.98 Å². The molecule has 0 aliphatic heterocycles. The van der Waals surface area contributed by atoms with Crippen molar-refractivity contribution in [3.63, 3.8) is 0 Å². The van der Waals surface area contributed by atoms with Crippen LogP contribution in [0.4, 0.5) is 0 Å². The Labute approximate surface area is 141 Å². The zero-order chi connectivity index (χ0) is 16.2. The van der Waals surface area contributed by atoms with Crippen molar-refractivity contribution in [1.82, 2.24) is 4.98 Å².